The lowest BCUT2D eigenvalue weighted by atomic mass is 10.0. The number of esters is 3. The van der Waals surface area contributed by atoms with E-state index in [2.05, 4.69) is 20.8 Å². The summed E-state index contributed by atoms with van der Waals surface area (Å²) >= 11 is 0. The summed E-state index contributed by atoms with van der Waals surface area (Å²) in [6.45, 7) is 6.55. The number of hydrogen-bond donors (Lipinski definition) is 0. The quantitative estimate of drug-likeness (QED) is 0.0345. The van der Waals surface area contributed by atoms with Gasteiger partial charge in [0.05, 0.1) is 0 Å². The molecule has 0 N–H and O–H groups in total. The third kappa shape index (κ3) is 47.5. The summed E-state index contributed by atoms with van der Waals surface area (Å²) in [7, 11) is 0. The van der Waals surface area contributed by atoms with Gasteiger partial charge < -0.3 is 14.2 Å². The second-order valence-electron chi connectivity index (χ2n) is 18.5. The van der Waals surface area contributed by atoms with E-state index in [-0.39, 0.29) is 31.1 Å². The van der Waals surface area contributed by atoms with E-state index >= 15 is 0 Å². The maximum atomic E-state index is 12.5. The molecule has 0 bridgehead atoms. The van der Waals surface area contributed by atoms with Crippen molar-refractivity contribution in [1.82, 2.24) is 0 Å². The monoisotopic (exact) mass is 849 g/mol. The van der Waals surface area contributed by atoms with Crippen molar-refractivity contribution in [3.63, 3.8) is 0 Å². The van der Waals surface area contributed by atoms with Gasteiger partial charge in [-0.15, -0.1) is 0 Å². The number of unbranched alkanes of at least 4 members (excludes halogenated alkanes) is 39. The molecular weight excluding hydrogens is 745 g/mol. The van der Waals surface area contributed by atoms with E-state index in [1.165, 1.54) is 212 Å². The molecule has 6 heteroatoms. The number of ether oxygens (including phenoxy) is 3. The zero-order valence-corrected chi connectivity index (χ0v) is 40.8. The van der Waals surface area contributed by atoms with E-state index in [9.17, 15) is 14.4 Å². The maximum Gasteiger partial charge on any atom is 0.306 e. The number of carbonyl (C=O) groups is 3. The van der Waals surface area contributed by atoms with E-state index in [0.717, 1.165) is 57.8 Å². The molecule has 0 saturated carbocycles. The minimum Gasteiger partial charge on any atom is -0.462 e. The Bertz CT molecular complexity index is 889. The van der Waals surface area contributed by atoms with Crippen LogP contribution < -0.4 is 0 Å². The molecule has 60 heavy (non-hydrogen) atoms. The maximum absolute atomic E-state index is 12.5. The Kier molecular flexibility index (Phi) is 48.7. The third-order valence-electron chi connectivity index (χ3n) is 12.4. The summed E-state index contributed by atoms with van der Waals surface area (Å²) < 4.78 is 16.6. The fourth-order valence-electron chi connectivity index (χ4n) is 8.27. The van der Waals surface area contributed by atoms with Crippen LogP contribution in [0.15, 0.2) is 0 Å². The van der Waals surface area contributed by atoms with Crippen LogP contribution in [-0.2, 0) is 28.6 Å². The Labute approximate surface area is 374 Å². The zero-order chi connectivity index (χ0) is 43.7. The van der Waals surface area contributed by atoms with Crippen LogP contribution in [-0.4, -0.2) is 37.2 Å². The SMILES string of the molecule is CCCCCCCCCCCCCCCCCCCCCCCCCCCCCCCCC(=O)OCC(COC(=O)CCCCCCCC)OC(=O)CCCCCCCC. The molecule has 0 saturated heterocycles. The molecule has 0 aliphatic carbocycles. The highest BCUT2D eigenvalue weighted by Crippen LogP contribution is 2.17. The van der Waals surface area contributed by atoms with Gasteiger partial charge in [-0.2, -0.15) is 0 Å². The van der Waals surface area contributed by atoms with Gasteiger partial charge in [-0.25, -0.2) is 0 Å². The van der Waals surface area contributed by atoms with Gasteiger partial charge in [0.25, 0.3) is 0 Å². The Morgan fingerprint density at radius 2 is 0.450 bits per heavy atom. The average molecular weight is 849 g/mol. The van der Waals surface area contributed by atoms with Crippen molar-refractivity contribution in [2.75, 3.05) is 13.2 Å². The summed E-state index contributed by atoms with van der Waals surface area (Å²) in [4.78, 5) is 37.4. The fraction of sp³-hybridized carbons (Fsp3) is 0.944. The van der Waals surface area contributed by atoms with Crippen LogP contribution in [0.2, 0.25) is 0 Å². The molecule has 0 fully saturated rings. The summed E-state index contributed by atoms with van der Waals surface area (Å²) in [5, 5.41) is 0. The van der Waals surface area contributed by atoms with Gasteiger partial charge in [0.1, 0.15) is 13.2 Å². The van der Waals surface area contributed by atoms with Gasteiger partial charge in [-0.3, -0.25) is 14.4 Å². The largest absolute Gasteiger partial charge is 0.462 e. The first kappa shape index (κ1) is 58.4. The molecule has 0 aromatic heterocycles. The minimum absolute atomic E-state index is 0.0645. The van der Waals surface area contributed by atoms with Gasteiger partial charge >= 0.3 is 17.9 Å². The van der Waals surface area contributed by atoms with E-state index in [4.69, 9.17) is 14.2 Å². The Morgan fingerprint density at radius 1 is 0.267 bits per heavy atom. The van der Waals surface area contributed by atoms with Gasteiger partial charge in [-0.05, 0) is 19.3 Å². The van der Waals surface area contributed by atoms with Crippen LogP contribution in [0, 0.1) is 0 Å². The second-order valence-corrected chi connectivity index (χ2v) is 18.5. The Hall–Kier alpha value is -1.59. The number of hydrogen-bond acceptors (Lipinski definition) is 6. The summed E-state index contributed by atoms with van der Waals surface area (Å²) in [5.41, 5.74) is 0. The normalized spacial score (nSPS) is 11.8. The first-order valence-corrected chi connectivity index (χ1v) is 27.0. The minimum atomic E-state index is -0.756. The first-order chi connectivity index (χ1) is 29.5. The molecule has 356 valence electrons. The summed E-state index contributed by atoms with van der Waals surface area (Å²) in [5.74, 6) is -0.870. The lowest BCUT2D eigenvalue weighted by Gasteiger charge is -2.18. The van der Waals surface area contributed by atoms with Crippen molar-refractivity contribution in [2.45, 2.75) is 316 Å². The van der Waals surface area contributed by atoms with Crippen LogP contribution in [0.3, 0.4) is 0 Å². The van der Waals surface area contributed by atoms with E-state index in [1.807, 2.05) is 0 Å². The molecule has 0 heterocycles. The van der Waals surface area contributed by atoms with Crippen LogP contribution in [0.4, 0.5) is 0 Å². The van der Waals surface area contributed by atoms with Crippen LogP contribution >= 0.6 is 0 Å². The molecule has 1 unspecified atom stereocenters. The first-order valence-electron chi connectivity index (χ1n) is 27.0. The van der Waals surface area contributed by atoms with Crippen LogP contribution in [0.1, 0.15) is 310 Å². The van der Waals surface area contributed by atoms with Crippen molar-refractivity contribution >= 4 is 17.9 Å². The van der Waals surface area contributed by atoms with Gasteiger partial charge in [0.15, 0.2) is 6.10 Å². The smallest absolute Gasteiger partial charge is 0.306 e. The van der Waals surface area contributed by atoms with Crippen LogP contribution in [0.5, 0.6) is 0 Å². The van der Waals surface area contributed by atoms with Crippen molar-refractivity contribution < 1.29 is 28.6 Å². The molecule has 0 aliphatic rings. The Balaban J connectivity index is 3.75. The predicted octanol–water partition coefficient (Wildman–Crippen LogP) is 17.6. The molecule has 6 nitrogen and oxygen atoms in total. The highest BCUT2D eigenvalue weighted by Gasteiger charge is 2.19. The highest BCUT2D eigenvalue weighted by molar-refractivity contribution is 5.71. The van der Waals surface area contributed by atoms with E-state index in [1.54, 1.807) is 0 Å². The third-order valence-corrected chi connectivity index (χ3v) is 12.4. The zero-order valence-electron chi connectivity index (χ0n) is 40.8. The summed E-state index contributed by atoms with van der Waals surface area (Å²) in [6.07, 6.45) is 54.7. The molecule has 0 rings (SSSR count). The molecule has 0 amide bonds. The molecule has 0 aliphatic heterocycles. The number of carbonyl (C=O) groups excluding carboxylic acids is 3. The van der Waals surface area contributed by atoms with E-state index in [0.29, 0.717) is 19.3 Å². The molecular formula is C54H104O6. The fourth-order valence-corrected chi connectivity index (χ4v) is 8.27. The molecule has 0 aromatic rings. The molecule has 0 radical (unpaired) electrons. The van der Waals surface area contributed by atoms with Gasteiger partial charge in [0, 0.05) is 19.3 Å². The van der Waals surface area contributed by atoms with Crippen molar-refractivity contribution in [3.05, 3.63) is 0 Å². The summed E-state index contributed by atoms with van der Waals surface area (Å²) in [6, 6.07) is 0. The Morgan fingerprint density at radius 3 is 0.667 bits per heavy atom. The second kappa shape index (κ2) is 50.1. The topological polar surface area (TPSA) is 78.9 Å². The van der Waals surface area contributed by atoms with E-state index < -0.39 is 6.10 Å². The standard InChI is InChI=1S/C54H104O6/c1-4-7-10-13-16-17-18-19-20-21-22-23-24-25-26-27-28-29-30-31-32-33-34-35-36-37-38-39-42-44-47-53(56)59-50-51(60-54(57)48-45-41-15-12-9-6-3)49-58-52(55)46-43-40-14-11-8-5-2/h51H,4-50H2,1-3H3. The highest BCUT2D eigenvalue weighted by atomic mass is 16.6. The predicted molar refractivity (Wildman–Crippen MR) is 257 cm³/mol. The van der Waals surface area contributed by atoms with Crippen molar-refractivity contribution in [2.24, 2.45) is 0 Å². The molecule has 1 atom stereocenters. The lowest BCUT2D eigenvalue weighted by molar-refractivity contribution is -0.167. The van der Waals surface area contributed by atoms with Crippen molar-refractivity contribution in [1.29, 1.82) is 0 Å². The van der Waals surface area contributed by atoms with Gasteiger partial charge in [-0.1, -0.05) is 271 Å². The number of rotatable bonds is 50. The van der Waals surface area contributed by atoms with Crippen LogP contribution in [0.25, 0.3) is 0 Å². The van der Waals surface area contributed by atoms with Crippen molar-refractivity contribution in [3.8, 4) is 0 Å². The molecule has 0 aromatic carbocycles. The lowest BCUT2D eigenvalue weighted by Crippen LogP contribution is -2.30. The van der Waals surface area contributed by atoms with Gasteiger partial charge in [0.2, 0.25) is 0 Å². The molecule has 0 spiro atoms. The average Bonchev–Trinajstić information content (AvgIpc) is 3.24.